The molecule has 2 aromatic heterocycles. The fourth-order valence-electron chi connectivity index (χ4n) is 1.83. The van der Waals surface area contributed by atoms with E-state index in [2.05, 4.69) is 15.2 Å². The number of fused-ring (bicyclic) bond motifs is 1. The van der Waals surface area contributed by atoms with Gasteiger partial charge in [0.25, 0.3) is 0 Å². The third-order valence-electron chi connectivity index (χ3n) is 2.74. The van der Waals surface area contributed by atoms with Crippen molar-refractivity contribution in [3.05, 3.63) is 35.0 Å². The lowest BCUT2D eigenvalue weighted by Gasteiger charge is -2.02. The summed E-state index contributed by atoms with van der Waals surface area (Å²) in [6, 6.07) is 3.96. The van der Waals surface area contributed by atoms with E-state index < -0.39 is 5.97 Å². The molecule has 0 unspecified atom stereocenters. The second-order valence-corrected chi connectivity index (χ2v) is 4.83. The number of carboxylic acids is 1. The Morgan fingerprint density at radius 1 is 1.44 bits per heavy atom. The lowest BCUT2D eigenvalue weighted by atomic mass is 10.1. The summed E-state index contributed by atoms with van der Waals surface area (Å²) in [5, 5.41) is 19.0. The number of hydrogen-bond donors (Lipinski definition) is 2. The summed E-state index contributed by atoms with van der Waals surface area (Å²) < 4.78 is 0. The molecule has 0 fully saturated rings. The van der Waals surface area contributed by atoms with Crippen molar-refractivity contribution in [3.8, 4) is 10.6 Å². The maximum Gasteiger partial charge on any atom is 0.355 e. The van der Waals surface area contributed by atoms with Gasteiger partial charge in [0.2, 0.25) is 0 Å². The van der Waals surface area contributed by atoms with Crippen molar-refractivity contribution in [2.75, 3.05) is 0 Å². The Labute approximate surface area is 106 Å². The largest absolute Gasteiger partial charge is 0.476 e. The minimum atomic E-state index is -1.00. The molecule has 90 valence electrons. The summed E-state index contributed by atoms with van der Waals surface area (Å²) in [5.41, 5.74) is 2.99. The number of aromatic nitrogens is 3. The molecule has 0 radical (unpaired) electrons. The second kappa shape index (κ2) is 3.92. The van der Waals surface area contributed by atoms with Gasteiger partial charge in [0, 0.05) is 16.3 Å². The average Bonchev–Trinajstić information content (AvgIpc) is 2.94. The van der Waals surface area contributed by atoms with Crippen LogP contribution in [0.15, 0.2) is 23.7 Å². The molecule has 0 atom stereocenters. The molecule has 6 heteroatoms. The van der Waals surface area contributed by atoms with E-state index in [0.717, 1.165) is 22.0 Å². The first kappa shape index (κ1) is 10.9. The molecule has 0 aliphatic carbocycles. The Bertz CT molecular complexity index is 745. The van der Waals surface area contributed by atoms with Gasteiger partial charge < -0.3 is 5.11 Å². The number of aromatic carboxylic acids is 1. The Morgan fingerprint density at radius 3 is 3.00 bits per heavy atom. The van der Waals surface area contributed by atoms with Crippen molar-refractivity contribution in [2.24, 2.45) is 0 Å². The lowest BCUT2D eigenvalue weighted by molar-refractivity contribution is 0.0691. The summed E-state index contributed by atoms with van der Waals surface area (Å²) in [5.74, 6) is -1.00. The van der Waals surface area contributed by atoms with E-state index in [1.807, 2.05) is 19.1 Å². The van der Waals surface area contributed by atoms with Crippen LogP contribution >= 0.6 is 11.3 Å². The lowest BCUT2D eigenvalue weighted by Crippen LogP contribution is -1.95. The van der Waals surface area contributed by atoms with Crippen LogP contribution in [-0.2, 0) is 0 Å². The highest BCUT2D eigenvalue weighted by Gasteiger charge is 2.12. The van der Waals surface area contributed by atoms with Crippen LogP contribution in [0.5, 0.6) is 0 Å². The molecule has 0 amide bonds. The Kier molecular flexibility index (Phi) is 2.38. The molecule has 2 N–H and O–H groups in total. The third-order valence-corrected chi connectivity index (χ3v) is 3.61. The van der Waals surface area contributed by atoms with Gasteiger partial charge in [-0.2, -0.15) is 5.10 Å². The predicted molar refractivity (Wildman–Crippen MR) is 68.9 cm³/mol. The topological polar surface area (TPSA) is 78.9 Å². The molecule has 0 saturated carbocycles. The van der Waals surface area contributed by atoms with Crippen molar-refractivity contribution in [3.63, 3.8) is 0 Å². The van der Waals surface area contributed by atoms with Gasteiger partial charge in [-0.05, 0) is 24.6 Å². The molecule has 2 heterocycles. The number of aryl methyl sites for hydroxylation is 1. The molecule has 5 nitrogen and oxygen atoms in total. The highest BCUT2D eigenvalue weighted by atomic mass is 32.1. The number of carboxylic acid groups (broad SMARTS) is 1. The van der Waals surface area contributed by atoms with E-state index in [9.17, 15) is 4.79 Å². The summed E-state index contributed by atoms with van der Waals surface area (Å²) in [7, 11) is 0. The number of aromatic amines is 1. The summed E-state index contributed by atoms with van der Waals surface area (Å²) >= 11 is 1.33. The highest BCUT2D eigenvalue weighted by Crippen LogP contribution is 2.29. The normalized spacial score (nSPS) is 10.9. The number of carbonyl (C=O) groups is 1. The molecule has 0 spiro atoms. The zero-order chi connectivity index (χ0) is 12.7. The molecule has 3 rings (SSSR count). The number of H-pyrrole nitrogens is 1. The summed E-state index contributed by atoms with van der Waals surface area (Å²) in [6.45, 7) is 1.98. The smallest absolute Gasteiger partial charge is 0.355 e. The molecule has 18 heavy (non-hydrogen) atoms. The van der Waals surface area contributed by atoms with Gasteiger partial charge in [-0.25, -0.2) is 9.78 Å². The van der Waals surface area contributed by atoms with Gasteiger partial charge in [0.05, 0.1) is 11.7 Å². The number of nitrogens with one attached hydrogen (secondary N) is 1. The first-order valence-corrected chi connectivity index (χ1v) is 6.16. The molecule has 0 aliphatic heterocycles. The molecular weight excluding hydrogens is 250 g/mol. The standard InChI is InChI=1S/C12H9N3O2S/c1-6-2-7-4-13-15-9(7)3-8(6)11-14-10(5-18-11)12(16)17/h2-5H,1H3,(H,13,15)(H,16,17). The van der Waals surface area contributed by atoms with E-state index in [1.54, 1.807) is 11.6 Å². The van der Waals surface area contributed by atoms with E-state index >= 15 is 0 Å². The van der Waals surface area contributed by atoms with Crippen LogP contribution < -0.4 is 0 Å². The van der Waals surface area contributed by atoms with Gasteiger partial charge >= 0.3 is 5.97 Å². The van der Waals surface area contributed by atoms with Crippen LogP contribution in [0.1, 0.15) is 16.1 Å². The van der Waals surface area contributed by atoms with Crippen LogP contribution in [-0.4, -0.2) is 26.3 Å². The second-order valence-electron chi connectivity index (χ2n) is 3.97. The minimum absolute atomic E-state index is 0.0825. The zero-order valence-electron chi connectivity index (χ0n) is 9.47. The van der Waals surface area contributed by atoms with Crippen molar-refractivity contribution in [1.29, 1.82) is 0 Å². The van der Waals surface area contributed by atoms with E-state index in [0.29, 0.717) is 5.01 Å². The SMILES string of the molecule is Cc1cc2cn[nH]c2cc1-c1nc(C(=O)O)cs1. The number of hydrogen-bond acceptors (Lipinski definition) is 4. The summed E-state index contributed by atoms with van der Waals surface area (Å²) in [6.07, 6.45) is 1.76. The van der Waals surface area contributed by atoms with Crippen LogP contribution in [0.25, 0.3) is 21.5 Å². The first-order chi connectivity index (χ1) is 8.65. The molecule has 0 aliphatic rings. The Hall–Kier alpha value is -2.21. The third kappa shape index (κ3) is 1.67. The maximum atomic E-state index is 10.8. The van der Waals surface area contributed by atoms with E-state index in [4.69, 9.17) is 5.11 Å². The van der Waals surface area contributed by atoms with Gasteiger partial charge in [-0.3, -0.25) is 5.10 Å². The van der Waals surface area contributed by atoms with E-state index in [-0.39, 0.29) is 5.69 Å². The minimum Gasteiger partial charge on any atom is -0.476 e. The van der Waals surface area contributed by atoms with Gasteiger partial charge in [0.15, 0.2) is 5.69 Å². The molecule has 0 bridgehead atoms. The molecular formula is C12H9N3O2S. The van der Waals surface area contributed by atoms with Crippen molar-refractivity contribution in [2.45, 2.75) is 6.92 Å². The average molecular weight is 259 g/mol. The van der Waals surface area contributed by atoms with Gasteiger partial charge in [-0.15, -0.1) is 11.3 Å². The van der Waals surface area contributed by atoms with Crippen LogP contribution in [0.2, 0.25) is 0 Å². The Morgan fingerprint density at radius 2 is 2.28 bits per heavy atom. The van der Waals surface area contributed by atoms with Gasteiger partial charge in [0.1, 0.15) is 5.01 Å². The van der Waals surface area contributed by atoms with Crippen molar-refractivity contribution < 1.29 is 9.90 Å². The van der Waals surface area contributed by atoms with Crippen molar-refractivity contribution >= 4 is 28.2 Å². The van der Waals surface area contributed by atoms with Gasteiger partial charge in [-0.1, -0.05) is 0 Å². The number of thiazole rings is 1. The highest BCUT2D eigenvalue weighted by molar-refractivity contribution is 7.13. The maximum absolute atomic E-state index is 10.8. The fraction of sp³-hybridized carbons (Fsp3) is 0.0833. The molecule has 1 aromatic carbocycles. The Balaban J connectivity index is 2.17. The number of nitrogens with zero attached hydrogens (tertiary/aromatic N) is 2. The van der Waals surface area contributed by atoms with Crippen LogP contribution in [0, 0.1) is 6.92 Å². The molecule has 3 aromatic rings. The quantitative estimate of drug-likeness (QED) is 0.741. The molecule has 0 saturated heterocycles. The number of benzene rings is 1. The fourth-order valence-corrected chi connectivity index (χ4v) is 2.71. The first-order valence-electron chi connectivity index (χ1n) is 5.28. The zero-order valence-corrected chi connectivity index (χ0v) is 10.3. The monoisotopic (exact) mass is 259 g/mol. The van der Waals surface area contributed by atoms with E-state index in [1.165, 1.54) is 11.3 Å². The van der Waals surface area contributed by atoms with Crippen molar-refractivity contribution in [1.82, 2.24) is 15.2 Å². The number of rotatable bonds is 2. The van der Waals surface area contributed by atoms with Crippen LogP contribution in [0.3, 0.4) is 0 Å². The predicted octanol–water partition coefficient (Wildman–Crippen LogP) is 2.69. The van der Waals surface area contributed by atoms with Crippen LogP contribution in [0.4, 0.5) is 0 Å². The summed E-state index contributed by atoms with van der Waals surface area (Å²) in [4.78, 5) is 14.9.